The van der Waals surface area contributed by atoms with Crippen LogP contribution in [0.15, 0.2) is 54.6 Å². The molecule has 2 rings (SSSR count). The first kappa shape index (κ1) is 18.3. The maximum atomic E-state index is 12.3. The third kappa shape index (κ3) is 4.49. The minimum atomic E-state index is -0.935. The van der Waals surface area contributed by atoms with Crippen LogP contribution < -0.4 is 0 Å². The summed E-state index contributed by atoms with van der Waals surface area (Å²) >= 11 is 0. The van der Waals surface area contributed by atoms with Crippen LogP contribution in [0.3, 0.4) is 0 Å². The van der Waals surface area contributed by atoms with Crippen molar-refractivity contribution in [2.45, 2.75) is 19.4 Å². The SMILES string of the molecule is C=C(C)[C@H](O)Cc1c(O)ccc(C(=O)C=Cc2ccc(O)cc2)c1O. The normalized spacial score (nSPS) is 12.2. The van der Waals surface area contributed by atoms with E-state index in [0.717, 1.165) is 0 Å². The average molecular weight is 340 g/mol. The fourth-order valence-electron chi connectivity index (χ4n) is 2.24. The topological polar surface area (TPSA) is 98.0 Å². The van der Waals surface area contributed by atoms with E-state index in [-0.39, 0.29) is 34.8 Å². The number of aliphatic hydroxyl groups excluding tert-OH is 1. The van der Waals surface area contributed by atoms with Crippen LogP contribution in [0.25, 0.3) is 6.08 Å². The Morgan fingerprint density at radius 3 is 2.36 bits per heavy atom. The van der Waals surface area contributed by atoms with E-state index in [4.69, 9.17) is 0 Å². The number of aliphatic hydroxyl groups is 1. The van der Waals surface area contributed by atoms with Gasteiger partial charge in [-0.3, -0.25) is 4.79 Å². The van der Waals surface area contributed by atoms with E-state index in [9.17, 15) is 25.2 Å². The monoisotopic (exact) mass is 340 g/mol. The molecular weight excluding hydrogens is 320 g/mol. The van der Waals surface area contributed by atoms with Crippen LogP contribution >= 0.6 is 0 Å². The lowest BCUT2D eigenvalue weighted by molar-refractivity contribution is 0.104. The highest BCUT2D eigenvalue weighted by Crippen LogP contribution is 2.33. The zero-order valence-corrected chi connectivity index (χ0v) is 13.8. The van der Waals surface area contributed by atoms with E-state index in [2.05, 4.69) is 6.58 Å². The lowest BCUT2D eigenvalue weighted by atomic mass is 9.97. The van der Waals surface area contributed by atoms with Crippen molar-refractivity contribution >= 4 is 11.9 Å². The van der Waals surface area contributed by atoms with E-state index in [0.29, 0.717) is 11.1 Å². The molecular formula is C20H20O5. The second-order valence-corrected chi connectivity index (χ2v) is 5.81. The van der Waals surface area contributed by atoms with Gasteiger partial charge < -0.3 is 20.4 Å². The molecule has 0 heterocycles. The van der Waals surface area contributed by atoms with Crippen molar-refractivity contribution in [1.82, 2.24) is 0 Å². The molecule has 4 N–H and O–H groups in total. The quantitative estimate of drug-likeness (QED) is 0.368. The summed E-state index contributed by atoms with van der Waals surface area (Å²) in [6.45, 7) is 5.26. The maximum Gasteiger partial charge on any atom is 0.189 e. The van der Waals surface area contributed by atoms with Crippen molar-refractivity contribution in [1.29, 1.82) is 0 Å². The summed E-state index contributed by atoms with van der Waals surface area (Å²) in [5, 5.41) is 39.4. The van der Waals surface area contributed by atoms with Gasteiger partial charge in [-0.05, 0) is 42.8 Å². The van der Waals surface area contributed by atoms with Crippen LogP contribution in [-0.4, -0.2) is 32.3 Å². The number of benzene rings is 2. The molecule has 25 heavy (non-hydrogen) atoms. The maximum absolute atomic E-state index is 12.3. The van der Waals surface area contributed by atoms with Gasteiger partial charge in [0, 0.05) is 12.0 Å². The molecule has 0 fully saturated rings. The third-order valence-corrected chi connectivity index (χ3v) is 3.81. The molecule has 0 radical (unpaired) electrons. The van der Waals surface area contributed by atoms with Crippen molar-refractivity contribution in [3.8, 4) is 17.2 Å². The summed E-state index contributed by atoms with van der Waals surface area (Å²) < 4.78 is 0. The van der Waals surface area contributed by atoms with Gasteiger partial charge in [-0.15, -0.1) is 0 Å². The number of phenolic OH excluding ortho intramolecular Hbond substituents is 3. The van der Waals surface area contributed by atoms with E-state index in [1.807, 2.05) is 0 Å². The molecule has 0 aromatic heterocycles. The van der Waals surface area contributed by atoms with Crippen molar-refractivity contribution in [2.24, 2.45) is 0 Å². The second-order valence-electron chi connectivity index (χ2n) is 5.81. The third-order valence-electron chi connectivity index (χ3n) is 3.81. The number of phenols is 3. The van der Waals surface area contributed by atoms with Gasteiger partial charge in [-0.1, -0.05) is 30.4 Å². The van der Waals surface area contributed by atoms with Crippen LogP contribution in [0, 0.1) is 0 Å². The molecule has 2 aromatic carbocycles. The fourth-order valence-corrected chi connectivity index (χ4v) is 2.24. The minimum absolute atomic E-state index is 0.0248. The van der Waals surface area contributed by atoms with E-state index >= 15 is 0 Å². The first-order chi connectivity index (χ1) is 11.8. The minimum Gasteiger partial charge on any atom is -0.508 e. The fraction of sp³-hybridized carbons (Fsp3) is 0.150. The van der Waals surface area contributed by atoms with Crippen molar-refractivity contribution in [3.05, 3.63) is 71.3 Å². The van der Waals surface area contributed by atoms with Crippen molar-refractivity contribution in [2.75, 3.05) is 0 Å². The largest absolute Gasteiger partial charge is 0.508 e. The molecule has 0 aliphatic carbocycles. The molecule has 0 aliphatic heterocycles. The Morgan fingerprint density at radius 1 is 1.12 bits per heavy atom. The van der Waals surface area contributed by atoms with E-state index in [1.54, 1.807) is 25.1 Å². The number of rotatable bonds is 6. The lowest BCUT2D eigenvalue weighted by Gasteiger charge is -2.14. The predicted molar refractivity (Wildman–Crippen MR) is 95.8 cm³/mol. The number of hydrogen-bond donors (Lipinski definition) is 4. The second kappa shape index (κ2) is 7.68. The first-order valence-electron chi connectivity index (χ1n) is 7.68. The zero-order valence-electron chi connectivity index (χ0n) is 13.8. The van der Waals surface area contributed by atoms with Crippen LogP contribution in [-0.2, 0) is 6.42 Å². The van der Waals surface area contributed by atoms with Crippen LogP contribution in [0.1, 0.15) is 28.4 Å². The number of aromatic hydroxyl groups is 3. The molecule has 0 aliphatic rings. The zero-order chi connectivity index (χ0) is 18.6. The van der Waals surface area contributed by atoms with Gasteiger partial charge in [0.25, 0.3) is 0 Å². The van der Waals surface area contributed by atoms with Crippen molar-refractivity contribution < 1.29 is 25.2 Å². The van der Waals surface area contributed by atoms with Crippen LogP contribution in [0.2, 0.25) is 0 Å². The van der Waals surface area contributed by atoms with Gasteiger partial charge in [0.15, 0.2) is 5.78 Å². The Labute approximate surface area is 145 Å². The highest BCUT2D eigenvalue weighted by molar-refractivity contribution is 6.09. The summed E-state index contributed by atoms with van der Waals surface area (Å²) in [4.78, 5) is 12.3. The van der Waals surface area contributed by atoms with Gasteiger partial charge in [0.05, 0.1) is 11.7 Å². The number of allylic oxidation sites excluding steroid dienone is 1. The summed E-state index contributed by atoms with van der Waals surface area (Å²) in [5.74, 6) is -0.880. The van der Waals surface area contributed by atoms with Gasteiger partial charge in [-0.25, -0.2) is 0 Å². The van der Waals surface area contributed by atoms with Gasteiger partial charge in [0.2, 0.25) is 0 Å². The number of carbonyl (C=O) groups is 1. The molecule has 2 aromatic rings. The first-order valence-corrected chi connectivity index (χ1v) is 7.68. The van der Waals surface area contributed by atoms with E-state index < -0.39 is 11.9 Å². The van der Waals surface area contributed by atoms with Gasteiger partial charge >= 0.3 is 0 Å². The van der Waals surface area contributed by atoms with Gasteiger partial charge in [-0.2, -0.15) is 0 Å². The number of hydrogen-bond acceptors (Lipinski definition) is 5. The van der Waals surface area contributed by atoms with Crippen molar-refractivity contribution in [3.63, 3.8) is 0 Å². The molecule has 0 unspecified atom stereocenters. The molecule has 5 heteroatoms. The number of ketones is 1. The Morgan fingerprint density at radius 2 is 1.76 bits per heavy atom. The highest BCUT2D eigenvalue weighted by atomic mass is 16.3. The Kier molecular flexibility index (Phi) is 5.62. The summed E-state index contributed by atoms with van der Waals surface area (Å²) in [6.07, 6.45) is 1.86. The summed E-state index contributed by atoms with van der Waals surface area (Å²) in [5.41, 5.74) is 1.32. The summed E-state index contributed by atoms with van der Waals surface area (Å²) in [7, 11) is 0. The van der Waals surface area contributed by atoms with Crippen LogP contribution in [0.4, 0.5) is 0 Å². The smallest absolute Gasteiger partial charge is 0.189 e. The highest BCUT2D eigenvalue weighted by Gasteiger charge is 2.19. The molecule has 5 nitrogen and oxygen atoms in total. The molecule has 0 saturated heterocycles. The number of carbonyl (C=O) groups excluding carboxylic acids is 1. The predicted octanol–water partition coefficient (Wildman–Crippen LogP) is 3.18. The standard InChI is InChI=1S/C20H20O5/c1-12(2)19(24)11-16-18(23)10-8-15(20(16)25)17(22)9-5-13-3-6-14(21)7-4-13/h3-10,19,21,23-25H,1,11H2,2H3/t19-/m1/s1. The van der Waals surface area contributed by atoms with Crippen LogP contribution in [0.5, 0.6) is 17.2 Å². The Bertz CT molecular complexity index is 819. The Hall–Kier alpha value is -3.05. The Balaban J connectivity index is 2.27. The van der Waals surface area contributed by atoms with E-state index in [1.165, 1.54) is 30.3 Å². The molecule has 0 saturated carbocycles. The molecule has 0 spiro atoms. The average Bonchev–Trinajstić information content (AvgIpc) is 2.57. The lowest BCUT2D eigenvalue weighted by Crippen LogP contribution is -2.12. The molecule has 130 valence electrons. The molecule has 1 atom stereocenters. The summed E-state index contributed by atoms with van der Waals surface area (Å²) in [6, 6.07) is 8.92. The molecule has 0 bridgehead atoms. The molecule has 0 amide bonds. The van der Waals surface area contributed by atoms with Gasteiger partial charge in [0.1, 0.15) is 17.2 Å².